The first-order chi connectivity index (χ1) is 19.2. The summed E-state index contributed by atoms with van der Waals surface area (Å²) in [7, 11) is 0. The number of nitriles is 1. The lowest BCUT2D eigenvalue weighted by atomic mass is 9.70. The van der Waals surface area contributed by atoms with E-state index in [1.165, 1.54) is 0 Å². The summed E-state index contributed by atoms with van der Waals surface area (Å²) in [5, 5.41) is 27.2. The minimum absolute atomic E-state index is 0.0351. The number of fused-ring (bicyclic) bond motifs is 6. The molecule has 8 nitrogen and oxygen atoms in total. The summed E-state index contributed by atoms with van der Waals surface area (Å²) in [4.78, 5) is 41.5. The lowest BCUT2D eigenvalue weighted by Gasteiger charge is -2.54. The lowest BCUT2D eigenvalue weighted by Crippen LogP contribution is -2.70. The molecule has 10 heteroatoms. The highest BCUT2D eigenvalue weighted by molar-refractivity contribution is 6.01. The number of carbonyl (C=O) groups excluding carboxylic acids is 3. The molecule has 3 aliphatic heterocycles. The number of hydrogen-bond acceptors (Lipinski definition) is 5. The maximum atomic E-state index is 15.2. The predicted molar refractivity (Wildman–Crippen MR) is 139 cm³/mol. The van der Waals surface area contributed by atoms with Gasteiger partial charge in [0.15, 0.2) is 5.60 Å². The van der Waals surface area contributed by atoms with Crippen LogP contribution in [0.15, 0.2) is 48.5 Å². The van der Waals surface area contributed by atoms with E-state index in [-0.39, 0.29) is 25.2 Å². The van der Waals surface area contributed by atoms with Gasteiger partial charge in [-0.05, 0) is 43.2 Å². The second kappa shape index (κ2) is 9.66. The number of nitrogens with one attached hydrogen (secondary N) is 2. The molecule has 7 rings (SSSR count). The molecule has 3 heterocycles. The van der Waals surface area contributed by atoms with Crippen LogP contribution in [-0.2, 0) is 20.0 Å². The molecule has 0 spiro atoms. The average molecular weight is 549 g/mol. The van der Waals surface area contributed by atoms with Gasteiger partial charge in [-0.3, -0.25) is 14.4 Å². The third-order valence-corrected chi connectivity index (χ3v) is 9.06. The summed E-state index contributed by atoms with van der Waals surface area (Å²) in [5.41, 5.74) is -0.151. The second-order valence-corrected chi connectivity index (χ2v) is 11.3. The quantitative estimate of drug-likeness (QED) is 0.531. The summed E-state index contributed by atoms with van der Waals surface area (Å²) < 4.78 is 30.5. The Morgan fingerprint density at radius 2 is 1.75 bits per heavy atom. The average Bonchev–Trinajstić information content (AvgIpc) is 3.22. The van der Waals surface area contributed by atoms with Crippen molar-refractivity contribution in [1.82, 2.24) is 15.5 Å². The van der Waals surface area contributed by atoms with Crippen LogP contribution in [0.1, 0.15) is 49.7 Å². The molecule has 5 aliphatic rings. The van der Waals surface area contributed by atoms with Crippen molar-refractivity contribution in [2.45, 2.75) is 68.2 Å². The van der Waals surface area contributed by atoms with Crippen LogP contribution in [0.4, 0.5) is 8.78 Å². The number of hydrogen-bond donors (Lipinski definition) is 3. The Balaban J connectivity index is 1.35. The summed E-state index contributed by atoms with van der Waals surface area (Å²) >= 11 is 0. The smallest absolute Gasteiger partial charge is 0.264 e. The van der Waals surface area contributed by atoms with Crippen LogP contribution in [0.2, 0.25) is 0 Å². The Morgan fingerprint density at radius 3 is 2.35 bits per heavy atom. The van der Waals surface area contributed by atoms with E-state index in [9.17, 15) is 24.8 Å². The molecule has 2 aliphatic carbocycles. The molecule has 1 saturated carbocycles. The number of alkyl halides is 2. The van der Waals surface area contributed by atoms with Crippen LogP contribution in [0.25, 0.3) is 11.1 Å². The minimum atomic E-state index is -3.19. The Hall–Kier alpha value is -3.84. The minimum Gasteiger partial charge on any atom is -0.372 e. The first-order valence-electron chi connectivity index (χ1n) is 13.8. The highest BCUT2D eigenvalue weighted by atomic mass is 19.3. The number of aliphatic hydroxyl groups is 1. The Kier molecular flexibility index (Phi) is 6.37. The predicted octanol–water partition coefficient (Wildman–Crippen LogP) is 2.84. The number of carbonyl (C=O) groups is 3. The van der Waals surface area contributed by atoms with Gasteiger partial charge in [0.2, 0.25) is 11.8 Å². The molecule has 2 aromatic carbocycles. The Bertz CT molecular complexity index is 1380. The van der Waals surface area contributed by atoms with Gasteiger partial charge in [0.25, 0.3) is 11.8 Å². The van der Waals surface area contributed by atoms with Gasteiger partial charge in [0, 0.05) is 36.1 Å². The van der Waals surface area contributed by atoms with Crippen LogP contribution >= 0.6 is 0 Å². The molecule has 2 bridgehead atoms. The van der Waals surface area contributed by atoms with E-state index < -0.39 is 59.7 Å². The number of piperidine rings is 3. The Morgan fingerprint density at radius 1 is 1.10 bits per heavy atom. The molecule has 3 saturated heterocycles. The van der Waals surface area contributed by atoms with Crippen molar-refractivity contribution in [3.8, 4) is 17.2 Å². The molecule has 0 aromatic heterocycles. The van der Waals surface area contributed by atoms with E-state index in [1.807, 2.05) is 6.07 Å². The molecule has 40 heavy (non-hydrogen) atoms. The van der Waals surface area contributed by atoms with Crippen LogP contribution in [0.3, 0.4) is 0 Å². The van der Waals surface area contributed by atoms with Crippen LogP contribution < -0.4 is 10.6 Å². The summed E-state index contributed by atoms with van der Waals surface area (Å²) in [6.45, 7) is 0.547. The fourth-order valence-corrected chi connectivity index (χ4v) is 7.17. The molecule has 3 amide bonds. The lowest BCUT2D eigenvalue weighted by molar-refractivity contribution is -0.201. The number of rotatable bonds is 5. The van der Waals surface area contributed by atoms with Crippen LogP contribution in [-0.4, -0.2) is 58.3 Å². The summed E-state index contributed by atoms with van der Waals surface area (Å²) in [6, 6.07) is 12.2. The van der Waals surface area contributed by atoms with Gasteiger partial charge < -0.3 is 20.6 Å². The largest absolute Gasteiger partial charge is 0.372 e. The highest BCUT2D eigenvalue weighted by Crippen LogP contribution is 2.53. The van der Waals surface area contributed by atoms with Crippen molar-refractivity contribution >= 4 is 17.7 Å². The zero-order valence-corrected chi connectivity index (χ0v) is 21.8. The van der Waals surface area contributed by atoms with Crippen molar-refractivity contribution in [3.63, 3.8) is 0 Å². The monoisotopic (exact) mass is 548 g/mol. The van der Waals surface area contributed by atoms with Crippen molar-refractivity contribution in [2.24, 2.45) is 11.8 Å². The molecular formula is C30H30F2N4O4. The van der Waals surface area contributed by atoms with E-state index in [0.717, 1.165) is 11.3 Å². The van der Waals surface area contributed by atoms with Crippen molar-refractivity contribution in [3.05, 3.63) is 59.7 Å². The summed E-state index contributed by atoms with van der Waals surface area (Å²) in [5.74, 6) is -7.03. The Labute approximate surface area is 230 Å². The second-order valence-electron chi connectivity index (χ2n) is 11.3. The van der Waals surface area contributed by atoms with Gasteiger partial charge in [-0.1, -0.05) is 48.5 Å². The van der Waals surface area contributed by atoms with E-state index >= 15 is 8.78 Å². The molecule has 4 fully saturated rings. The normalized spacial score (nSPS) is 28.1. The van der Waals surface area contributed by atoms with Gasteiger partial charge in [0.1, 0.15) is 12.1 Å². The van der Waals surface area contributed by atoms with E-state index in [4.69, 9.17) is 0 Å². The molecule has 0 unspecified atom stereocenters. The van der Waals surface area contributed by atoms with Gasteiger partial charge in [-0.15, -0.1) is 0 Å². The fraction of sp³-hybridized carbons (Fsp3) is 0.467. The molecule has 0 radical (unpaired) electrons. The maximum absolute atomic E-state index is 15.2. The van der Waals surface area contributed by atoms with E-state index in [2.05, 4.69) is 10.6 Å². The van der Waals surface area contributed by atoms with E-state index in [0.29, 0.717) is 35.2 Å². The molecule has 5 atom stereocenters. The number of nitrogens with zero attached hydrogens (tertiary/aromatic N) is 2. The van der Waals surface area contributed by atoms with E-state index in [1.54, 1.807) is 48.5 Å². The molecular weight excluding hydrogens is 518 g/mol. The number of halogens is 2. The SMILES string of the molecule is N#C[C@H](C[C@H]1CCCNC1=O)NC(=O)[C@H]1[C@@H]2CC[C@@H](CC2(F)F)N1C(=O)C1(O)c2ccccc2-c2ccccc21. The van der Waals surface area contributed by atoms with Crippen molar-refractivity contribution in [2.75, 3.05) is 6.54 Å². The zero-order valence-electron chi connectivity index (χ0n) is 21.8. The van der Waals surface area contributed by atoms with Gasteiger partial charge >= 0.3 is 0 Å². The topological polar surface area (TPSA) is 123 Å². The van der Waals surface area contributed by atoms with Gasteiger partial charge in [0.05, 0.1) is 12.0 Å². The molecule has 2 aromatic rings. The van der Waals surface area contributed by atoms with Crippen LogP contribution in [0, 0.1) is 23.2 Å². The van der Waals surface area contributed by atoms with Crippen molar-refractivity contribution < 1.29 is 28.3 Å². The molecule has 208 valence electrons. The molecule has 3 N–H and O–H groups in total. The van der Waals surface area contributed by atoms with Gasteiger partial charge in [-0.25, -0.2) is 8.78 Å². The first-order valence-corrected chi connectivity index (χ1v) is 13.8. The third-order valence-electron chi connectivity index (χ3n) is 9.06. The zero-order chi connectivity index (χ0) is 28.2. The first kappa shape index (κ1) is 26.4. The fourth-order valence-electron chi connectivity index (χ4n) is 7.17. The van der Waals surface area contributed by atoms with Crippen LogP contribution in [0.5, 0.6) is 0 Å². The highest BCUT2D eigenvalue weighted by Gasteiger charge is 2.63. The van der Waals surface area contributed by atoms with Gasteiger partial charge in [-0.2, -0.15) is 5.26 Å². The van der Waals surface area contributed by atoms with Crippen molar-refractivity contribution in [1.29, 1.82) is 5.26 Å². The summed E-state index contributed by atoms with van der Waals surface area (Å²) in [6.07, 6.45) is 1.06. The number of amides is 3. The number of benzene rings is 2. The maximum Gasteiger partial charge on any atom is 0.264 e. The standard InChI is InChI=1S/C30H30F2N4O4/c31-29(32)15-19-11-12-24(29)25(27(38)35-18(16-33)14-17-6-5-13-34-26(17)37)36(19)28(39)30(40)22-9-3-1-7-20(22)21-8-2-4-10-23(21)30/h1-4,7-10,17-19,24-25,40H,5-6,11-15H2,(H,34,37)(H,35,38)/t17-,18+,19+,24+,25-/m1/s1. The third kappa shape index (κ3) is 3.98.